The largest absolute Gasteiger partial charge is 0.366 e. The maximum absolute atomic E-state index is 11.5. The molecule has 0 atom stereocenters. The number of nitrogens with one attached hydrogen (secondary N) is 2. The Kier molecular flexibility index (Phi) is 1.49. The van der Waals surface area contributed by atoms with E-state index >= 15 is 0 Å². The number of thiophene rings is 1. The highest BCUT2D eigenvalue weighted by atomic mass is 32.1. The van der Waals surface area contributed by atoms with E-state index in [1.807, 2.05) is 12.1 Å². The molecule has 2 aromatic rings. The summed E-state index contributed by atoms with van der Waals surface area (Å²) in [5.74, 6) is -0.0123. The molecule has 0 saturated carbocycles. The molecule has 1 aliphatic rings. The lowest BCUT2D eigenvalue weighted by Gasteiger charge is -2.14. The third-order valence-corrected chi connectivity index (χ3v) is 3.30. The van der Waals surface area contributed by atoms with Crippen LogP contribution in [0.1, 0.15) is 9.67 Å². The van der Waals surface area contributed by atoms with Crippen LogP contribution in [0, 0.1) is 0 Å². The quantitative estimate of drug-likeness (QED) is 0.683. The summed E-state index contributed by atoms with van der Waals surface area (Å²) < 4.78 is 0. The molecule has 1 aliphatic heterocycles. The molecule has 3 heterocycles. The maximum atomic E-state index is 11.5. The summed E-state index contributed by atoms with van der Waals surface area (Å²) in [6, 6.07) is 3.85. The third-order valence-electron chi connectivity index (χ3n) is 2.19. The first kappa shape index (κ1) is 7.75. The molecule has 1 amide bonds. The van der Waals surface area contributed by atoms with Gasteiger partial charge in [-0.1, -0.05) is 0 Å². The fourth-order valence-corrected chi connectivity index (χ4v) is 2.60. The lowest BCUT2D eigenvalue weighted by atomic mass is 10.2. The van der Waals surface area contributed by atoms with Crippen molar-refractivity contribution in [2.75, 3.05) is 12.0 Å². The van der Waals surface area contributed by atoms with Gasteiger partial charge < -0.3 is 10.6 Å². The number of hydrogen-bond donors (Lipinski definition) is 2. The zero-order valence-electron chi connectivity index (χ0n) is 7.20. The normalized spacial score (nSPS) is 14.7. The number of amides is 1. The molecule has 14 heavy (non-hydrogen) atoms. The number of anilines is 1. The summed E-state index contributed by atoms with van der Waals surface area (Å²) in [7, 11) is 0. The lowest BCUT2D eigenvalue weighted by Crippen LogP contribution is -2.33. The van der Waals surface area contributed by atoms with Gasteiger partial charge in [-0.2, -0.15) is 0 Å². The minimum atomic E-state index is -0.0123. The van der Waals surface area contributed by atoms with Gasteiger partial charge in [0, 0.05) is 11.6 Å². The smallest absolute Gasteiger partial charge is 0.264 e. The van der Waals surface area contributed by atoms with Gasteiger partial charge in [0.15, 0.2) is 0 Å². The minimum Gasteiger partial charge on any atom is -0.366 e. The van der Waals surface area contributed by atoms with Crippen LogP contribution in [0.15, 0.2) is 18.3 Å². The van der Waals surface area contributed by atoms with Crippen molar-refractivity contribution < 1.29 is 4.79 Å². The van der Waals surface area contributed by atoms with E-state index in [-0.39, 0.29) is 5.91 Å². The van der Waals surface area contributed by atoms with Gasteiger partial charge in [-0.25, -0.2) is 4.98 Å². The molecule has 3 rings (SSSR count). The molecule has 0 aliphatic carbocycles. The Balaban J connectivity index is 2.38. The first-order valence-corrected chi connectivity index (χ1v) is 5.07. The summed E-state index contributed by atoms with van der Waals surface area (Å²) >= 11 is 1.42. The van der Waals surface area contributed by atoms with Crippen LogP contribution < -0.4 is 10.6 Å². The van der Waals surface area contributed by atoms with E-state index in [4.69, 9.17) is 0 Å². The number of nitrogens with zero attached hydrogens (tertiary/aromatic N) is 1. The third kappa shape index (κ3) is 0.927. The van der Waals surface area contributed by atoms with E-state index in [1.54, 1.807) is 6.20 Å². The number of hydrogen-bond acceptors (Lipinski definition) is 4. The fourth-order valence-electron chi connectivity index (χ4n) is 1.56. The first-order chi connectivity index (χ1) is 6.86. The van der Waals surface area contributed by atoms with Gasteiger partial charge in [0.25, 0.3) is 5.91 Å². The maximum Gasteiger partial charge on any atom is 0.264 e. The Hall–Kier alpha value is -1.62. The topological polar surface area (TPSA) is 54.0 Å². The molecular weight excluding hydrogens is 198 g/mol. The van der Waals surface area contributed by atoms with Crippen LogP contribution >= 0.6 is 11.3 Å². The van der Waals surface area contributed by atoms with Gasteiger partial charge in [0.1, 0.15) is 9.71 Å². The summed E-state index contributed by atoms with van der Waals surface area (Å²) in [4.78, 5) is 17.3. The first-order valence-electron chi connectivity index (χ1n) is 4.26. The zero-order valence-corrected chi connectivity index (χ0v) is 8.02. The van der Waals surface area contributed by atoms with Crippen LogP contribution in [0.25, 0.3) is 10.2 Å². The summed E-state index contributed by atoms with van der Waals surface area (Å²) in [5, 5.41) is 6.92. The fraction of sp³-hybridized carbons (Fsp3) is 0.111. The van der Waals surface area contributed by atoms with Crippen molar-refractivity contribution in [3.8, 4) is 0 Å². The Bertz CT molecular complexity index is 520. The molecular formula is C9H7N3OS. The van der Waals surface area contributed by atoms with E-state index in [1.165, 1.54) is 11.3 Å². The molecule has 5 heteroatoms. The van der Waals surface area contributed by atoms with E-state index in [2.05, 4.69) is 15.6 Å². The Morgan fingerprint density at radius 1 is 1.43 bits per heavy atom. The van der Waals surface area contributed by atoms with Crippen molar-refractivity contribution in [1.82, 2.24) is 10.3 Å². The van der Waals surface area contributed by atoms with E-state index < -0.39 is 0 Å². The zero-order chi connectivity index (χ0) is 9.54. The Morgan fingerprint density at radius 3 is 3.29 bits per heavy atom. The summed E-state index contributed by atoms with van der Waals surface area (Å²) in [6.45, 7) is 0.493. The summed E-state index contributed by atoms with van der Waals surface area (Å²) in [5.41, 5.74) is 0.918. The van der Waals surface area contributed by atoms with E-state index in [0.29, 0.717) is 6.67 Å². The summed E-state index contributed by atoms with van der Waals surface area (Å²) in [6.07, 6.45) is 1.74. The molecule has 0 fully saturated rings. The highest BCUT2D eigenvalue weighted by Crippen LogP contribution is 2.35. The predicted molar refractivity (Wildman–Crippen MR) is 55.6 cm³/mol. The SMILES string of the molecule is O=C1NCNc2c1sc1ncccc21. The van der Waals surface area contributed by atoms with Crippen LogP contribution in [0.3, 0.4) is 0 Å². The number of carbonyl (C=O) groups excluding carboxylic acids is 1. The average Bonchev–Trinajstić information content (AvgIpc) is 2.59. The van der Waals surface area contributed by atoms with E-state index in [9.17, 15) is 4.79 Å². The molecule has 4 nitrogen and oxygen atoms in total. The molecule has 70 valence electrons. The number of aromatic nitrogens is 1. The Labute approximate surface area is 84.0 Å². The van der Waals surface area contributed by atoms with Crippen LogP contribution in [0.2, 0.25) is 0 Å². The van der Waals surface area contributed by atoms with Gasteiger partial charge >= 0.3 is 0 Å². The monoisotopic (exact) mass is 205 g/mol. The highest BCUT2D eigenvalue weighted by molar-refractivity contribution is 7.21. The van der Waals surface area contributed by atoms with Crippen LogP contribution in [0.5, 0.6) is 0 Å². The number of pyridine rings is 1. The van der Waals surface area contributed by atoms with Crippen molar-refractivity contribution in [3.63, 3.8) is 0 Å². The highest BCUT2D eigenvalue weighted by Gasteiger charge is 2.21. The van der Waals surface area contributed by atoms with Gasteiger partial charge in [0.05, 0.1) is 12.4 Å². The van der Waals surface area contributed by atoms with Crippen molar-refractivity contribution in [1.29, 1.82) is 0 Å². The van der Waals surface area contributed by atoms with Crippen molar-refractivity contribution in [2.45, 2.75) is 0 Å². The molecule has 0 unspecified atom stereocenters. The standard InChI is InChI=1S/C9H7N3OS/c13-8-7-6(11-4-12-8)5-2-1-3-10-9(5)14-7/h1-3,11H,4H2,(H,12,13). The van der Waals surface area contributed by atoms with Gasteiger partial charge in [0.2, 0.25) is 0 Å². The molecule has 0 spiro atoms. The molecule has 2 aromatic heterocycles. The van der Waals surface area contributed by atoms with Gasteiger partial charge in [-0.05, 0) is 12.1 Å². The van der Waals surface area contributed by atoms with Gasteiger partial charge in [-0.3, -0.25) is 4.79 Å². The minimum absolute atomic E-state index is 0.0123. The Morgan fingerprint density at radius 2 is 2.36 bits per heavy atom. The molecule has 0 radical (unpaired) electrons. The predicted octanol–water partition coefficient (Wildman–Crippen LogP) is 1.41. The van der Waals surface area contributed by atoms with Gasteiger partial charge in [-0.15, -0.1) is 11.3 Å². The van der Waals surface area contributed by atoms with Crippen molar-refractivity contribution in [3.05, 3.63) is 23.2 Å². The van der Waals surface area contributed by atoms with Crippen LogP contribution in [-0.4, -0.2) is 17.6 Å². The molecule has 0 bridgehead atoms. The van der Waals surface area contributed by atoms with E-state index in [0.717, 1.165) is 20.8 Å². The average molecular weight is 205 g/mol. The number of rotatable bonds is 0. The van der Waals surface area contributed by atoms with Crippen LogP contribution in [-0.2, 0) is 0 Å². The number of fused-ring (bicyclic) bond motifs is 3. The lowest BCUT2D eigenvalue weighted by molar-refractivity contribution is 0.0957. The van der Waals surface area contributed by atoms with Crippen molar-refractivity contribution >= 4 is 33.1 Å². The molecule has 2 N–H and O–H groups in total. The van der Waals surface area contributed by atoms with Crippen molar-refractivity contribution in [2.24, 2.45) is 0 Å². The second-order valence-corrected chi connectivity index (χ2v) is 4.02. The second-order valence-electron chi connectivity index (χ2n) is 3.02. The number of carbonyl (C=O) groups is 1. The molecule has 0 aromatic carbocycles. The molecule has 0 saturated heterocycles. The second kappa shape index (κ2) is 2.68. The van der Waals surface area contributed by atoms with Crippen LogP contribution in [0.4, 0.5) is 5.69 Å².